The first-order chi connectivity index (χ1) is 7.40. The summed E-state index contributed by atoms with van der Waals surface area (Å²) in [6.07, 6.45) is 0.789. The average Bonchev–Trinajstić information content (AvgIpc) is 2.66. The monoisotopic (exact) mass is 249 g/mol. The van der Waals surface area contributed by atoms with Crippen LogP contribution in [0.2, 0.25) is 0 Å². The van der Waals surface area contributed by atoms with Crippen LogP contribution in [0.1, 0.15) is 13.3 Å². The SMILES string of the molecule is CNS(=O)(=O)CCNC(=O)C1(C)CCNC1. The Morgan fingerprint density at radius 1 is 1.50 bits per heavy atom. The van der Waals surface area contributed by atoms with E-state index in [-0.39, 0.29) is 18.2 Å². The molecule has 1 atom stereocenters. The summed E-state index contributed by atoms with van der Waals surface area (Å²) in [5, 5.41) is 5.78. The van der Waals surface area contributed by atoms with Crippen LogP contribution >= 0.6 is 0 Å². The Labute approximate surface area is 96.2 Å². The normalized spacial score (nSPS) is 25.6. The molecule has 16 heavy (non-hydrogen) atoms. The molecule has 6 nitrogen and oxygen atoms in total. The zero-order valence-corrected chi connectivity index (χ0v) is 10.5. The number of hydrogen-bond acceptors (Lipinski definition) is 4. The zero-order valence-electron chi connectivity index (χ0n) is 9.67. The fourth-order valence-electron chi connectivity index (χ4n) is 1.63. The number of carbonyl (C=O) groups is 1. The minimum atomic E-state index is -3.24. The fraction of sp³-hybridized carbons (Fsp3) is 0.889. The van der Waals surface area contributed by atoms with E-state index in [1.165, 1.54) is 7.05 Å². The summed E-state index contributed by atoms with van der Waals surface area (Å²) < 4.78 is 24.4. The smallest absolute Gasteiger partial charge is 0.227 e. The Morgan fingerprint density at radius 2 is 2.19 bits per heavy atom. The Morgan fingerprint density at radius 3 is 2.69 bits per heavy atom. The van der Waals surface area contributed by atoms with Gasteiger partial charge in [-0.2, -0.15) is 0 Å². The summed E-state index contributed by atoms with van der Waals surface area (Å²) in [5.41, 5.74) is -0.399. The van der Waals surface area contributed by atoms with E-state index in [4.69, 9.17) is 0 Å². The topological polar surface area (TPSA) is 87.3 Å². The van der Waals surface area contributed by atoms with E-state index in [0.29, 0.717) is 6.54 Å². The number of sulfonamides is 1. The predicted octanol–water partition coefficient (Wildman–Crippen LogP) is -1.35. The highest BCUT2D eigenvalue weighted by molar-refractivity contribution is 7.89. The molecule has 7 heteroatoms. The summed E-state index contributed by atoms with van der Waals surface area (Å²) in [6.45, 7) is 3.52. The fourth-order valence-corrected chi connectivity index (χ4v) is 2.20. The van der Waals surface area contributed by atoms with Crippen LogP contribution in [0.3, 0.4) is 0 Å². The van der Waals surface area contributed by atoms with Gasteiger partial charge in [-0.3, -0.25) is 4.79 Å². The second kappa shape index (κ2) is 5.11. The van der Waals surface area contributed by atoms with Crippen LogP contribution in [0.4, 0.5) is 0 Å². The van der Waals surface area contributed by atoms with Crippen LogP contribution in [0, 0.1) is 5.41 Å². The molecule has 0 aromatic rings. The van der Waals surface area contributed by atoms with Gasteiger partial charge < -0.3 is 10.6 Å². The molecule has 0 bridgehead atoms. The summed E-state index contributed by atoms with van der Waals surface area (Å²) in [5.74, 6) is -0.164. The van der Waals surface area contributed by atoms with Crippen molar-refractivity contribution < 1.29 is 13.2 Å². The van der Waals surface area contributed by atoms with Gasteiger partial charge in [-0.1, -0.05) is 0 Å². The molecule has 0 radical (unpaired) electrons. The lowest BCUT2D eigenvalue weighted by Crippen LogP contribution is -2.42. The highest BCUT2D eigenvalue weighted by atomic mass is 32.2. The van der Waals surface area contributed by atoms with Gasteiger partial charge in [0.2, 0.25) is 15.9 Å². The molecule has 1 fully saturated rings. The Bertz CT molecular complexity index is 347. The molecule has 0 aliphatic carbocycles. The summed E-state index contributed by atoms with van der Waals surface area (Å²) >= 11 is 0. The van der Waals surface area contributed by atoms with E-state index in [0.717, 1.165) is 13.0 Å². The third-order valence-corrected chi connectivity index (χ3v) is 4.25. The van der Waals surface area contributed by atoms with Crippen molar-refractivity contribution >= 4 is 15.9 Å². The van der Waals surface area contributed by atoms with Crippen molar-refractivity contribution in [1.82, 2.24) is 15.4 Å². The van der Waals surface area contributed by atoms with Gasteiger partial charge in [-0.15, -0.1) is 0 Å². The maximum atomic E-state index is 11.8. The third-order valence-electron chi connectivity index (χ3n) is 2.88. The number of rotatable bonds is 5. The van der Waals surface area contributed by atoms with Gasteiger partial charge in [-0.25, -0.2) is 13.1 Å². The van der Waals surface area contributed by atoms with E-state index < -0.39 is 15.4 Å². The summed E-state index contributed by atoms with van der Waals surface area (Å²) in [6, 6.07) is 0. The molecule has 1 unspecified atom stereocenters. The molecule has 1 saturated heterocycles. The molecular weight excluding hydrogens is 230 g/mol. The minimum Gasteiger partial charge on any atom is -0.355 e. The first-order valence-corrected chi connectivity index (χ1v) is 6.95. The predicted molar refractivity (Wildman–Crippen MR) is 61.4 cm³/mol. The van der Waals surface area contributed by atoms with Gasteiger partial charge in [0.05, 0.1) is 11.2 Å². The molecule has 1 aliphatic rings. The van der Waals surface area contributed by atoms with Gasteiger partial charge in [0.1, 0.15) is 0 Å². The van der Waals surface area contributed by atoms with Gasteiger partial charge in [0, 0.05) is 13.1 Å². The number of hydrogen-bond donors (Lipinski definition) is 3. The quantitative estimate of drug-likeness (QED) is 0.562. The first-order valence-electron chi connectivity index (χ1n) is 5.30. The molecular formula is C9H19N3O3S. The third kappa shape index (κ3) is 3.43. The zero-order chi connectivity index (χ0) is 12.2. The standard InChI is InChI=1S/C9H19N3O3S/c1-9(3-4-11-7-9)8(13)12-5-6-16(14,15)10-2/h10-11H,3-7H2,1-2H3,(H,12,13). The lowest BCUT2D eigenvalue weighted by Gasteiger charge is -2.21. The van der Waals surface area contributed by atoms with Gasteiger partial charge >= 0.3 is 0 Å². The molecule has 94 valence electrons. The Balaban J connectivity index is 2.36. The van der Waals surface area contributed by atoms with E-state index in [9.17, 15) is 13.2 Å². The second-order valence-corrected chi connectivity index (χ2v) is 6.31. The lowest BCUT2D eigenvalue weighted by atomic mass is 9.89. The van der Waals surface area contributed by atoms with Crippen LogP contribution in [-0.2, 0) is 14.8 Å². The number of amides is 1. The van der Waals surface area contributed by atoms with Crippen molar-refractivity contribution in [3.05, 3.63) is 0 Å². The van der Waals surface area contributed by atoms with Crippen LogP contribution in [0.5, 0.6) is 0 Å². The highest BCUT2D eigenvalue weighted by Crippen LogP contribution is 2.24. The molecule has 0 saturated carbocycles. The van der Waals surface area contributed by atoms with Crippen LogP contribution in [0.15, 0.2) is 0 Å². The summed E-state index contributed by atoms with van der Waals surface area (Å²) in [7, 11) is -1.88. The van der Waals surface area contributed by atoms with Crippen molar-refractivity contribution in [2.45, 2.75) is 13.3 Å². The molecule has 0 aromatic carbocycles. The number of carbonyl (C=O) groups excluding carboxylic acids is 1. The van der Waals surface area contributed by atoms with E-state index in [1.54, 1.807) is 0 Å². The van der Waals surface area contributed by atoms with Crippen LogP contribution < -0.4 is 15.4 Å². The van der Waals surface area contributed by atoms with Crippen LogP contribution in [-0.4, -0.2) is 46.8 Å². The van der Waals surface area contributed by atoms with Crippen molar-refractivity contribution in [1.29, 1.82) is 0 Å². The van der Waals surface area contributed by atoms with Crippen molar-refractivity contribution in [3.8, 4) is 0 Å². The van der Waals surface area contributed by atoms with Gasteiger partial charge in [0.25, 0.3) is 0 Å². The largest absolute Gasteiger partial charge is 0.355 e. The minimum absolute atomic E-state index is 0.0798. The van der Waals surface area contributed by atoms with Crippen LogP contribution in [0.25, 0.3) is 0 Å². The maximum absolute atomic E-state index is 11.8. The van der Waals surface area contributed by atoms with Gasteiger partial charge in [-0.05, 0) is 26.9 Å². The molecule has 1 heterocycles. The lowest BCUT2D eigenvalue weighted by molar-refractivity contribution is -0.129. The first kappa shape index (κ1) is 13.4. The maximum Gasteiger partial charge on any atom is 0.227 e. The average molecular weight is 249 g/mol. The number of nitrogens with one attached hydrogen (secondary N) is 3. The highest BCUT2D eigenvalue weighted by Gasteiger charge is 2.35. The van der Waals surface area contributed by atoms with Crippen molar-refractivity contribution in [3.63, 3.8) is 0 Å². The molecule has 0 spiro atoms. The Kier molecular flexibility index (Phi) is 4.28. The molecule has 1 rings (SSSR count). The van der Waals surface area contributed by atoms with E-state index in [2.05, 4.69) is 15.4 Å². The molecule has 3 N–H and O–H groups in total. The van der Waals surface area contributed by atoms with Crippen molar-refractivity contribution in [2.75, 3.05) is 32.4 Å². The molecule has 1 aliphatic heterocycles. The van der Waals surface area contributed by atoms with E-state index >= 15 is 0 Å². The second-order valence-electron chi connectivity index (χ2n) is 4.27. The molecule has 1 amide bonds. The van der Waals surface area contributed by atoms with E-state index in [1.807, 2.05) is 6.92 Å². The van der Waals surface area contributed by atoms with Crippen molar-refractivity contribution in [2.24, 2.45) is 5.41 Å². The van der Waals surface area contributed by atoms with Gasteiger partial charge in [0.15, 0.2) is 0 Å². The summed E-state index contributed by atoms with van der Waals surface area (Å²) in [4.78, 5) is 11.8. The molecule has 0 aromatic heterocycles. The Hall–Kier alpha value is -0.660.